The Kier molecular flexibility index (Phi) is 2.96. The maximum atomic E-state index is 12.6. The van der Waals surface area contributed by atoms with Gasteiger partial charge in [-0.2, -0.15) is 0 Å². The fourth-order valence-electron chi connectivity index (χ4n) is 2.53. The summed E-state index contributed by atoms with van der Waals surface area (Å²) in [7, 11) is 0. The first kappa shape index (κ1) is 13.4. The highest BCUT2D eigenvalue weighted by molar-refractivity contribution is 6.32. The molecule has 0 saturated carbocycles. The number of rotatable bonds is 1. The second-order valence-corrected chi connectivity index (χ2v) is 5.76. The standard InChI is InChI=1S/C16H9Cl2N3O/c17-9-5-6-13-10(7-9)15-11(8-19-13)16(22)21(20-15)14-4-2-1-3-12(14)18/h1-8,20H. The molecule has 0 saturated heterocycles. The number of hydrogen-bond donors (Lipinski definition) is 1. The van der Waals surface area contributed by atoms with Crippen molar-refractivity contribution in [2.75, 3.05) is 0 Å². The van der Waals surface area contributed by atoms with Crippen LogP contribution in [0.5, 0.6) is 0 Å². The maximum absolute atomic E-state index is 12.6. The van der Waals surface area contributed by atoms with Crippen molar-refractivity contribution < 1.29 is 0 Å². The molecule has 1 N–H and O–H groups in total. The van der Waals surface area contributed by atoms with E-state index in [2.05, 4.69) is 10.1 Å². The molecule has 2 heterocycles. The van der Waals surface area contributed by atoms with E-state index in [-0.39, 0.29) is 5.56 Å². The largest absolute Gasteiger partial charge is 0.289 e. The molecule has 0 aliphatic rings. The number of halogens is 2. The number of benzene rings is 2. The van der Waals surface area contributed by atoms with Crippen molar-refractivity contribution in [2.24, 2.45) is 0 Å². The van der Waals surface area contributed by atoms with Gasteiger partial charge in [-0.25, -0.2) is 4.68 Å². The molecule has 22 heavy (non-hydrogen) atoms. The molecule has 108 valence electrons. The number of nitrogens with one attached hydrogen (secondary N) is 1. The minimum atomic E-state index is -0.197. The third-order valence-corrected chi connectivity index (χ3v) is 4.14. The first-order chi connectivity index (χ1) is 10.6. The predicted molar refractivity (Wildman–Crippen MR) is 89.2 cm³/mol. The fraction of sp³-hybridized carbons (Fsp3) is 0. The van der Waals surface area contributed by atoms with Crippen LogP contribution in [-0.4, -0.2) is 14.8 Å². The Hall–Kier alpha value is -2.30. The summed E-state index contributed by atoms with van der Waals surface area (Å²) < 4.78 is 1.43. The van der Waals surface area contributed by atoms with Gasteiger partial charge in [0.1, 0.15) is 0 Å². The van der Waals surface area contributed by atoms with E-state index in [4.69, 9.17) is 23.2 Å². The Morgan fingerprint density at radius 2 is 1.86 bits per heavy atom. The minimum Gasteiger partial charge on any atom is -0.289 e. The molecule has 0 unspecified atom stereocenters. The van der Waals surface area contributed by atoms with E-state index in [0.29, 0.717) is 26.6 Å². The van der Waals surface area contributed by atoms with Crippen molar-refractivity contribution in [3.63, 3.8) is 0 Å². The lowest BCUT2D eigenvalue weighted by molar-refractivity contribution is 0.865. The molecule has 0 aliphatic heterocycles. The van der Waals surface area contributed by atoms with Gasteiger partial charge in [0, 0.05) is 16.6 Å². The van der Waals surface area contributed by atoms with Crippen LogP contribution in [0.3, 0.4) is 0 Å². The first-order valence-corrected chi connectivity index (χ1v) is 7.34. The normalized spacial score (nSPS) is 11.4. The average Bonchev–Trinajstić information content (AvgIpc) is 2.85. The molecule has 4 aromatic rings. The van der Waals surface area contributed by atoms with E-state index in [1.807, 2.05) is 18.2 Å². The summed E-state index contributed by atoms with van der Waals surface area (Å²) >= 11 is 12.2. The van der Waals surface area contributed by atoms with Crippen LogP contribution in [0.1, 0.15) is 0 Å². The number of para-hydroxylation sites is 1. The summed E-state index contributed by atoms with van der Waals surface area (Å²) in [6.45, 7) is 0. The molecule has 0 aliphatic carbocycles. The molecule has 0 atom stereocenters. The van der Waals surface area contributed by atoms with E-state index >= 15 is 0 Å². The number of fused-ring (bicyclic) bond motifs is 3. The quantitative estimate of drug-likeness (QED) is 0.569. The molecule has 4 nitrogen and oxygen atoms in total. The topological polar surface area (TPSA) is 50.7 Å². The molecule has 6 heteroatoms. The average molecular weight is 330 g/mol. The summed E-state index contributed by atoms with van der Waals surface area (Å²) in [5.41, 5.74) is 1.86. The molecule has 4 rings (SSSR count). The molecule has 0 radical (unpaired) electrons. The number of H-pyrrole nitrogens is 1. The van der Waals surface area contributed by atoms with Crippen molar-refractivity contribution in [1.29, 1.82) is 0 Å². The van der Waals surface area contributed by atoms with Crippen LogP contribution in [-0.2, 0) is 0 Å². The molecule has 2 aromatic heterocycles. The Bertz CT molecular complexity index is 1080. The lowest BCUT2D eigenvalue weighted by atomic mass is 10.2. The van der Waals surface area contributed by atoms with Crippen LogP contribution in [0.15, 0.2) is 53.5 Å². The van der Waals surface area contributed by atoms with Gasteiger partial charge >= 0.3 is 0 Å². The lowest BCUT2D eigenvalue weighted by Crippen LogP contribution is -2.14. The molecule has 0 amide bonds. The number of aromatic nitrogens is 3. The van der Waals surface area contributed by atoms with Gasteiger partial charge in [-0.1, -0.05) is 35.3 Å². The second kappa shape index (κ2) is 4.87. The van der Waals surface area contributed by atoms with Gasteiger partial charge in [-0.3, -0.25) is 14.9 Å². The van der Waals surface area contributed by atoms with Crippen molar-refractivity contribution in [3.05, 3.63) is 69.1 Å². The summed E-state index contributed by atoms with van der Waals surface area (Å²) in [6.07, 6.45) is 1.57. The first-order valence-electron chi connectivity index (χ1n) is 6.59. The number of aromatic amines is 1. The Balaban J connectivity index is 2.13. The fourth-order valence-corrected chi connectivity index (χ4v) is 2.93. The monoisotopic (exact) mass is 329 g/mol. The highest BCUT2D eigenvalue weighted by Crippen LogP contribution is 2.25. The van der Waals surface area contributed by atoms with Crippen LogP contribution >= 0.6 is 23.2 Å². The van der Waals surface area contributed by atoms with E-state index in [1.54, 1.807) is 30.5 Å². The summed E-state index contributed by atoms with van der Waals surface area (Å²) in [5.74, 6) is 0. The number of pyridine rings is 1. The summed E-state index contributed by atoms with van der Waals surface area (Å²) in [5, 5.41) is 5.49. The van der Waals surface area contributed by atoms with Crippen LogP contribution in [0.2, 0.25) is 10.0 Å². The zero-order valence-electron chi connectivity index (χ0n) is 11.2. The van der Waals surface area contributed by atoms with Crippen molar-refractivity contribution >= 4 is 45.0 Å². The Morgan fingerprint density at radius 1 is 1.05 bits per heavy atom. The van der Waals surface area contributed by atoms with Crippen LogP contribution in [0.4, 0.5) is 0 Å². The third kappa shape index (κ3) is 1.92. The summed E-state index contributed by atoms with van der Waals surface area (Å²) in [4.78, 5) is 16.9. The van der Waals surface area contributed by atoms with Gasteiger partial charge < -0.3 is 0 Å². The van der Waals surface area contributed by atoms with Crippen LogP contribution in [0.25, 0.3) is 27.5 Å². The zero-order chi connectivity index (χ0) is 15.3. The smallest absolute Gasteiger partial charge is 0.280 e. The van der Waals surface area contributed by atoms with Crippen LogP contribution < -0.4 is 5.56 Å². The van der Waals surface area contributed by atoms with E-state index < -0.39 is 0 Å². The predicted octanol–water partition coefficient (Wildman–Crippen LogP) is 4.17. The van der Waals surface area contributed by atoms with E-state index in [1.165, 1.54) is 4.68 Å². The maximum Gasteiger partial charge on any atom is 0.280 e. The Labute approximate surface area is 134 Å². The molecule has 0 bridgehead atoms. The molecule has 2 aromatic carbocycles. The molecular weight excluding hydrogens is 321 g/mol. The molecule has 0 fully saturated rings. The van der Waals surface area contributed by atoms with Crippen LogP contribution in [0, 0.1) is 0 Å². The van der Waals surface area contributed by atoms with Gasteiger partial charge in [0.05, 0.1) is 27.1 Å². The highest BCUT2D eigenvalue weighted by atomic mass is 35.5. The second-order valence-electron chi connectivity index (χ2n) is 4.91. The highest BCUT2D eigenvalue weighted by Gasteiger charge is 2.13. The number of nitrogens with zero attached hydrogens (tertiary/aromatic N) is 2. The van der Waals surface area contributed by atoms with E-state index in [0.717, 1.165) is 10.9 Å². The zero-order valence-corrected chi connectivity index (χ0v) is 12.7. The third-order valence-electron chi connectivity index (χ3n) is 3.58. The van der Waals surface area contributed by atoms with E-state index in [9.17, 15) is 4.79 Å². The van der Waals surface area contributed by atoms with Gasteiger partial charge in [0.2, 0.25) is 0 Å². The summed E-state index contributed by atoms with van der Waals surface area (Å²) in [6, 6.07) is 12.5. The lowest BCUT2D eigenvalue weighted by Gasteiger charge is -2.03. The van der Waals surface area contributed by atoms with Crippen molar-refractivity contribution in [3.8, 4) is 5.69 Å². The van der Waals surface area contributed by atoms with Gasteiger partial charge in [-0.15, -0.1) is 0 Å². The SMILES string of the molecule is O=c1c2cnc3ccc(Cl)cc3c2[nH]n1-c1ccccc1Cl. The van der Waals surface area contributed by atoms with Gasteiger partial charge in [0.25, 0.3) is 5.56 Å². The molecule has 0 spiro atoms. The Morgan fingerprint density at radius 3 is 2.68 bits per heavy atom. The van der Waals surface area contributed by atoms with Crippen molar-refractivity contribution in [2.45, 2.75) is 0 Å². The minimum absolute atomic E-state index is 0.197. The van der Waals surface area contributed by atoms with Crippen molar-refractivity contribution in [1.82, 2.24) is 14.8 Å². The molecular formula is C16H9Cl2N3O. The number of hydrogen-bond acceptors (Lipinski definition) is 2. The van der Waals surface area contributed by atoms with Gasteiger partial charge in [-0.05, 0) is 30.3 Å². The van der Waals surface area contributed by atoms with Gasteiger partial charge in [0.15, 0.2) is 0 Å².